The van der Waals surface area contributed by atoms with E-state index in [-0.39, 0.29) is 0 Å². The van der Waals surface area contributed by atoms with E-state index in [2.05, 4.69) is 131 Å². The van der Waals surface area contributed by atoms with Crippen molar-refractivity contribution < 1.29 is 0 Å². The second-order valence-corrected chi connectivity index (χ2v) is 10.6. The summed E-state index contributed by atoms with van der Waals surface area (Å²) in [7, 11) is 0. The summed E-state index contributed by atoms with van der Waals surface area (Å²) in [5.41, 5.74) is 9.58. The molecule has 2 heterocycles. The first kappa shape index (κ1) is 24.2. The number of benzene rings is 6. The van der Waals surface area contributed by atoms with E-state index in [1.807, 2.05) is 36.9 Å². The minimum Gasteiger partial charge on any atom is -0.264 e. The van der Waals surface area contributed by atoms with E-state index in [1.54, 1.807) is 0 Å². The van der Waals surface area contributed by atoms with Gasteiger partial charge in [-0.3, -0.25) is 9.97 Å². The number of pyridine rings is 2. The van der Waals surface area contributed by atoms with Crippen molar-refractivity contribution in [3.05, 3.63) is 158 Å². The molecule has 0 amide bonds. The van der Waals surface area contributed by atoms with Crippen LogP contribution in [0.3, 0.4) is 0 Å². The highest BCUT2D eigenvalue weighted by Gasteiger charge is 2.19. The third kappa shape index (κ3) is 3.96. The van der Waals surface area contributed by atoms with E-state index in [0.717, 1.165) is 16.7 Å². The molecule has 0 unspecified atom stereocenters. The van der Waals surface area contributed by atoms with E-state index in [0.29, 0.717) is 0 Å². The van der Waals surface area contributed by atoms with E-state index < -0.39 is 0 Å². The zero-order valence-corrected chi connectivity index (χ0v) is 22.9. The van der Waals surface area contributed by atoms with Gasteiger partial charge in [0.1, 0.15) is 0 Å². The Morgan fingerprint density at radius 1 is 0.286 bits per heavy atom. The molecule has 0 radical (unpaired) electrons. The minimum absolute atomic E-state index is 1.12. The highest BCUT2D eigenvalue weighted by molar-refractivity contribution is 6.24. The molecule has 2 aromatic heterocycles. The maximum atomic E-state index is 4.39. The molecule has 0 saturated carbocycles. The van der Waals surface area contributed by atoms with Crippen molar-refractivity contribution in [2.75, 3.05) is 0 Å². The number of hydrogen-bond acceptors (Lipinski definition) is 2. The quantitative estimate of drug-likeness (QED) is 0.210. The van der Waals surface area contributed by atoms with Gasteiger partial charge in [0, 0.05) is 30.4 Å². The SMILES string of the molecule is c1cncc(-c2ccc(-c3c4ccccc4c(-c4ccc(-c5cccnc5)c5ccccc45)c4ccccc34)cc2)c1. The van der Waals surface area contributed by atoms with Gasteiger partial charge in [0.15, 0.2) is 0 Å². The summed E-state index contributed by atoms with van der Waals surface area (Å²) in [6.45, 7) is 0. The average molecular weight is 535 g/mol. The van der Waals surface area contributed by atoms with Gasteiger partial charge in [-0.15, -0.1) is 0 Å². The first-order valence-corrected chi connectivity index (χ1v) is 14.2. The number of rotatable bonds is 4. The zero-order valence-electron chi connectivity index (χ0n) is 22.9. The molecule has 0 aliphatic carbocycles. The van der Waals surface area contributed by atoms with E-state index >= 15 is 0 Å². The molecule has 0 bridgehead atoms. The van der Waals surface area contributed by atoms with Crippen molar-refractivity contribution in [1.82, 2.24) is 9.97 Å². The van der Waals surface area contributed by atoms with Gasteiger partial charge >= 0.3 is 0 Å². The lowest BCUT2D eigenvalue weighted by Gasteiger charge is -2.19. The van der Waals surface area contributed by atoms with Gasteiger partial charge in [0.2, 0.25) is 0 Å². The van der Waals surface area contributed by atoms with Crippen molar-refractivity contribution >= 4 is 32.3 Å². The van der Waals surface area contributed by atoms with Crippen molar-refractivity contribution in [3.63, 3.8) is 0 Å². The van der Waals surface area contributed by atoms with Gasteiger partial charge in [0.25, 0.3) is 0 Å². The maximum Gasteiger partial charge on any atom is 0.0346 e. The van der Waals surface area contributed by atoms with Gasteiger partial charge in [-0.1, -0.05) is 121 Å². The summed E-state index contributed by atoms with van der Waals surface area (Å²) >= 11 is 0. The van der Waals surface area contributed by atoms with Crippen LogP contribution in [0.4, 0.5) is 0 Å². The summed E-state index contributed by atoms with van der Waals surface area (Å²) in [5, 5.41) is 7.47. The Balaban J connectivity index is 1.40. The summed E-state index contributed by atoms with van der Waals surface area (Å²) in [6.07, 6.45) is 7.50. The first-order chi connectivity index (χ1) is 20.9. The molecule has 8 aromatic rings. The monoisotopic (exact) mass is 534 g/mol. The van der Waals surface area contributed by atoms with Gasteiger partial charge in [-0.05, 0) is 83.4 Å². The Morgan fingerprint density at radius 3 is 1.29 bits per heavy atom. The van der Waals surface area contributed by atoms with Crippen molar-refractivity contribution in [3.8, 4) is 44.5 Å². The topological polar surface area (TPSA) is 25.8 Å². The molecule has 42 heavy (non-hydrogen) atoms. The molecule has 2 heteroatoms. The summed E-state index contributed by atoms with van der Waals surface area (Å²) in [5.74, 6) is 0. The second kappa shape index (κ2) is 10.1. The molecule has 0 N–H and O–H groups in total. The van der Waals surface area contributed by atoms with Crippen LogP contribution in [-0.2, 0) is 0 Å². The molecule has 6 aromatic carbocycles. The van der Waals surface area contributed by atoms with Crippen molar-refractivity contribution in [2.45, 2.75) is 0 Å². The average Bonchev–Trinajstić information content (AvgIpc) is 3.08. The van der Waals surface area contributed by atoms with Crippen LogP contribution in [0.5, 0.6) is 0 Å². The predicted octanol–water partition coefficient (Wildman–Crippen LogP) is 10.6. The molecule has 0 saturated heterocycles. The fourth-order valence-electron chi connectivity index (χ4n) is 6.38. The molecule has 8 rings (SSSR count). The third-order valence-electron chi connectivity index (χ3n) is 8.27. The number of aromatic nitrogens is 2. The largest absolute Gasteiger partial charge is 0.264 e. The van der Waals surface area contributed by atoms with E-state index in [4.69, 9.17) is 0 Å². The lowest BCUT2D eigenvalue weighted by Crippen LogP contribution is -1.92. The molecular formula is C40H26N2. The first-order valence-electron chi connectivity index (χ1n) is 14.2. The van der Waals surface area contributed by atoms with Crippen LogP contribution in [0.25, 0.3) is 76.8 Å². The van der Waals surface area contributed by atoms with E-state index in [1.165, 1.54) is 60.1 Å². The lowest BCUT2D eigenvalue weighted by molar-refractivity contribution is 1.33. The molecule has 0 aliphatic heterocycles. The molecule has 2 nitrogen and oxygen atoms in total. The van der Waals surface area contributed by atoms with Gasteiger partial charge in [0.05, 0.1) is 0 Å². The minimum atomic E-state index is 1.12. The summed E-state index contributed by atoms with van der Waals surface area (Å²) in [4.78, 5) is 8.69. The molecule has 196 valence electrons. The highest BCUT2D eigenvalue weighted by Crippen LogP contribution is 2.46. The fourth-order valence-corrected chi connectivity index (χ4v) is 6.38. The second-order valence-electron chi connectivity index (χ2n) is 10.6. The van der Waals surface area contributed by atoms with E-state index in [9.17, 15) is 0 Å². The van der Waals surface area contributed by atoms with Gasteiger partial charge in [-0.2, -0.15) is 0 Å². The fraction of sp³-hybridized carbons (Fsp3) is 0. The number of nitrogens with zero attached hydrogens (tertiary/aromatic N) is 2. The Morgan fingerprint density at radius 2 is 0.738 bits per heavy atom. The maximum absolute atomic E-state index is 4.39. The van der Waals surface area contributed by atoms with Gasteiger partial charge < -0.3 is 0 Å². The van der Waals surface area contributed by atoms with Gasteiger partial charge in [-0.25, -0.2) is 0 Å². The van der Waals surface area contributed by atoms with Crippen molar-refractivity contribution in [2.24, 2.45) is 0 Å². The Hall–Kier alpha value is -5.60. The van der Waals surface area contributed by atoms with Crippen molar-refractivity contribution in [1.29, 1.82) is 0 Å². The molecule has 0 atom stereocenters. The zero-order chi connectivity index (χ0) is 27.9. The highest BCUT2D eigenvalue weighted by atomic mass is 14.6. The van der Waals surface area contributed by atoms with Crippen LogP contribution >= 0.6 is 0 Å². The lowest BCUT2D eigenvalue weighted by atomic mass is 9.83. The normalized spacial score (nSPS) is 11.3. The third-order valence-corrected chi connectivity index (χ3v) is 8.27. The summed E-state index contributed by atoms with van der Waals surface area (Å²) in [6, 6.07) is 48.1. The molecular weight excluding hydrogens is 508 g/mol. The number of hydrogen-bond donors (Lipinski definition) is 0. The van der Waals surface area contributed by atoms with Crippen LogP contribution in [-0.4, -0.2) is 9.97 Å². The molecule has 0 fully saturated rings. The predicted molar refractivity (Wildman–Crippen MR) is 176 cm³/mol. The Labute approximate surface area is 244 Å². The Bertz CT molecular complexity index is 2160. The van der Waals surface area contributed by atoms with Crippen LogP contribution in [0, 0.1) is 0 Å². The smallest absolute Gasteiger partial charge is 0.0346 e. The molecule has 0 aliphatic rings. The van der Waals surface area contributed by atoms with Crippen LogP contribution in [0.2, 0.25) is 0 Å². The summed E-state index contributed by atoms with van der Waals surface area (Å²) < 4.78 is 0. The van der Waals surface area contributed by atoms with Crippen LogP contribution in [0.15, 0.2) is 158 Å². The number of fused-ring (bicyclic) bond motifs is 3. The van der Waals surface area contributed by atoms with Crippen LogP contribution < -0.4 is 0 Å². The standard InChI is InChI=1S/C40H26N2/c1-2-12-33-32(11-1)31(30-10-8-24-42-26-30)21-22-38(33)40-36-15-5-3-13-34(36)39(35-14-4-6-16-37(35)40)28-19-17-27(18-20-28)29-9-7-23-41-25-29/h1-26H. The molecule has 0 spiro atoms. The van der Waals surface area contributed by atoms with Crippen LogP contribution in [0.1, 0.15) is 0 Å². The Kier molecular flexibility index (Phi) is 5.82.